The maximum atomic E-state index is 8.67. The Morgan fingerprint density at radius 1 is 1.38 bits per heavy atom. The van der Waals surface area contributed by atoms with E-state index in [0.29, 0.717) is 0 Å². The second-order valence-corrected chi connectivity index (χ2v) is 4.33. The monoisotopic (exact) mass is 214 g/mol. The van der Waals surface area contributed by atoms with Gasteiger partial charge in [0.25, 0.3) is 0 Å². The van der Waals surface area contributed by atoms with E-state index in [1.165, 1.54) is 22.2 Å². The van der Waals surface area contributed by atoms with Gasteiger partial charge in [-0.3, -0.25) is 0 Å². The van der Waals surface area contributed by atoms with E-state index in [2.05, 4.69) is 28.3 Å². The molecule has 2 aromatic rings. The van der Waals surface area contributed by atoms with E-state index >= 15 is 0 Å². The minimum absolute atomic E-state index is 0.237. The fourth-order valence-electron chi connectivity index (χ4n) is 2.68. The van der Waals surface area contributed by atoms with Gasteiger partial charge in [0.1, 0.15) is 0 Å². The van der Waals surface area contributed by atoms with Crippen molar-refractivity contribution < 1.29 is 5.21 Å². The van der Waals surface area contributed by atoms with Crippen LogP contribution in [0.3, 0.4) is 0 Å². The molecule has 1 aromatic carbocycles. The van der Waals surface area contributed by atoms with E-state index in [1.807, 2.05) is 6.07 Å². The first-order valence-electron chi connectivity index (χ1n) is 5.67. The molecule has 1 unspecified atom stereocenters. The van der Waals surface area contributed by atoms with Gasteiger partial charge in [-0.25, -0.2) is 0 Å². The van der Waals surface area contributed by atoms with Gasteiger partial charge in [-0.2, -0.15) is 0 Å². The number of aryl methyl sites for hydroxylation is 1. The Hall–Kier alpha value is -1.77. The summed E-state index contributed by atoms with van der Waals surface area (Å²) in [6.07, 6.45) is 4.97. The van der Waals surface area contributed by atoms with Gasteiger partial charge in [-0.05, 0) is 30.9 Å². The second-order valence-electron chi connectivity index (χ2n) is 4.33. The van der Waals surface area contributed by atoms with Crippen LogP contribution in [0.4, 0.5) is 0 Å². The molecule has 0 bridgehead atoms. The summed E-state index contributed by atoms with van der Waals surface area (Å²) in [5, 5.41) is 13.2. The van der Waals surface area contributed by atoms with Crippen LogP contribution in [-0.2, 0) is 6.42 Å². The van der Waals surface area contributed by atoms with Crippen LogP contribution >= 0.6 is 0 Å². The van der Waals surface area contributed by atoms with E-state index in [-0.39, 0.29) is 5.92 Å². The number of nitrogens with one attached hydrogen (secondary N) is 1. The van der Waals surface area contributed by atoms with Crippen molar-refractivity contribution >= 4 is 17.1 Å². The average molecular weight is 214 g/mol. The maximum Gasteiger partial charge on any atom is 0.0525 e. The first-order valence-corrected chi connectivity index (χ1v) is 5.67. The highest BCUT2D eigenvalue weighted by Crippen LogP contribution is 2.34. The quantitative estimate of drug-likeness (QED) is 0.428. The van der Waals surface area contributed by atoms with Crippen molar-refractivity contribution in [3.8, 4) is 0 Å². The standard InChI is InChI=1S/C13H14N2O/c16-14-8-9-4-3-6-11-10-5-1-2-7-12(10)15-13(9)11/h1-2,5,7-9,15-16H,3-4,6H2. The summed E-state index contributed by atoms with van der Waals surface area (Å²) in [5.74, 6) is 0.237. The molecule has 3 heteroatoms. The number of H-pyrrole nitrogens is 1. The third-order valence-electron chi connectivity index (χ3n) is 3.41. The summed E-state index contributed by atoms with van der Waals surface area (Å²) in [7, 11) is 0. The lowest BCUT2D eigenvalue weighted by molar-refractivity contribution is 0.319. The summed E-state index contributed by atoms with van der Waals surface area (Å²) in [4.78, 5) is 3.45. The van der Waals surface area contributed by atoms with Gasteiger partial charge >= 0.3 is 0 Å². The van der Waals surface area contributed by atoms with Gasteiger partial charge in [0.15, 0.2) is 0 Å². The topological polar surface area (TPSA) is 48.4 Å². The SMILES string of the molecule is ON=CC1CCCc2c1[nH]c1ccccc21. The van der Waals surface area contributed by atoms with Crippen molar-refractivity contribution in [3.05, 3.63) is 35.5 Å². The molecular formula is C13H14N2O. The molecular weight excluding hydrogens is 200 g/mol. The summed E-state index contributed by atoms with van der Waals surface area (Å²) >= 11 is 0. The summed E-state index contributed by atoms with van der Waals surface area (Å²) in [5.41, 5.74) is 3.81. The number of rotatable bonds is 1. The van der Waals surface area contributed by atoms with Crippen molar-refractivity contribution in [2.75, 3.05) is 0 Å². The number of hydrogen-bond donors (Lipinski definition) is 2. The van der Waals surface area contributed by atoms with E-state index < -0.39 is 0 Å². The molecule has 0 amide bonds. The van der Waals surface area contributed by atoms with Gasteiger partial charge in [-0.1, -0.05) is 18.2 Å². The van der Waals surface area contributed by atoms with Crippen LogP contribution in [0.15, 0.2) is 29.4 Å². The van der Waals surface area contributed by atoms with Gasteiger partial charge in [-0.15, -0.1) is 5.16 Å². The van der Waals surface area contributed by atoms with Crippen LogP contribution < -0.4 is 0 Å². The third-order valence-corrected chi connectivity index (χ3v) is 3.41. The molecule has 0 saturated heterocycles. The van der Waals surface area contributed by atoms with Gasteiger partial charge in [0.05, 0.1) is 6.21 Å². The van der Waals surface area contributed by atoms with Crippen LogP contribution in [-0.4, -0.2) is 16.4 Å². The molecule has 1 aromatic heterocycles. The molecule has 0 aliphatic heterocycles. The van der Waals surface area contributed by atoms with Crippen LogP contribution in [0.25, 0.3) is 10.9 Å². The maximum absolute atomic E-state index is 8.67. The third kappa shape index (κ3) is 1.32. The zero-order chi connectivity index (χ0) is 11.0. The molecule has 82 valence electrons. The van der Waals surface area contributed by atoms with E-state index in [9.17, 15) is 0 Å². The molecule has 0 saturated carbocycles. The van der Waals surface area contributed by atoms with Gasteiger partial charge in [0, 0.05) is 22.5 Å². The Kier molecular flexibility index (Phi) is 2.17. The first-order chi connectivity index (χ1) is 7.90. The molecule has 1 atom stereocenters. The molecule has 1 aliphatic carbocycles. The number of aromatic nitrogens is 1. The zero-order valence-electron chi connectivity index (χ0n) is 8.98. The molecule has 0 fully saturated rings. The van der Waals surface area contributed by atoms with E-state index in [0.717, 1.165) is 19.3 Å². The second kappa shape index (κ2) is 3.67. The van der Waals surface area contributed by atoms with Gasteiger partial charge < -0.3 is 10.2 Å². The largest absolute Gasteiger partial charge is 0.411 e. The normalized spacial score (nSPS) is 20.4. The van der Waals surface area contributed by atoms with E-state index in [4.69, 9.17) is 5.21 Å². The van der Waals surface area contributed by atoms with Crippen molar-refractivity contribution in [2.45, 2.75) is 25.2 Å². The molecule has 16 heavy (non-hydrogen) atoms. The number of aromatic amines is 1. The van der Waals surface area contributed by atoms with Crippen LogP contribution in [0.1, 0.15) is 30.0 Å². The smallest absolute Gasteiger partial charge is 0.0525 e. The average Bonchev–Trinajstić information content (AvgIpc) is 2.69. The molecule has 3 rings (SSSR count). The van der Waals surface area contributed by atoms with Crippen molar-refractivity contribution in [1.82, 2.24) is 4.98 Å². The summed E-state index contributed by atoms with van der Waals surface area (Å²) in [6.45, 7) is 0. The van der Waals surface area contributed by atoms with Crippen molar-refractivity contribution in [3.63, 3.8) is 0 Å². The number of hydrogen-bond acceptors (Lipinski definition) is 2. The molecule has 3 nitrogen and oxygen atoms in total. The first kappa shape index (κ1) is 9.46. The Balaban J connectivity index is 2.21. The molecule has 1 aliphatic rings. The highest BCUT2D eigenvalue weighted by Gasteiger charge is 2.22. The lowest BCUT2D eigenvalue weighted by atomic mass is 9.87. The Labute approximate surface area is 93.8 Å². The Morgan fingerprint density at radius 3 is 3.12 bits per heavy atom. The predicted molar refractivity (Wildman–Crippen MR) is 64.3 cm³/mol. The molecule has 2 N–H and O–H groups in total. The fraction of sp³-hybridized carbons (Fsp3) is 0.308. The lowest BCUT2D eigenvalue weighted by Gasteiger charge is -2.18. The highest BCUT2D eigenvalue weighted by atomic mass is 16.4. The van der Waals surface area contributed by atoms with Crippen LogP contribution in [0.2, 0.25) is 0 Å². The summed E-state index contributed by atoms with van der Waals surface area (Å²) < 4.78 is 0. The van der Waals surface area contributed by atoms with E-state index in [1.54, 1.807) is 6.21 Å². The predicted octanol–water partition coefficient (Wildman–Crippen LogP) is 3.05. The van der Waals surface area contributed by atoms with Crippen molar-refractivity contribution in [2.24, 2.45) is 5.16 Å². The molecule has 0 radical (unpaired) electrons. The highest BCUT2D eigenvalue weighted by molar-refractivity contribution is 5.86. The number of benzene rings is 1. The molecule has 0 spiro atoms. The number of nitrogens with zero attached hydrogens (tertiary/aromatic N) is 1. The number of oxime groups is 1. The van der Waals surface area contributed by atoms with Crippen molar-refractivity contribution in [1.29, 1.82) is 0 Å². The lowest BCUT2D eigenvalue weighted by Crippen LogP contribution is -2.10. The van der Waals surface area contributed by atoms with Crippen LogP contribution in [0.5, 0.6) is 0 Å². The zero-order valence-corrected chi connectivity index (χ0v) is 8.98. The van der Waals surface area contributed by atoms with Crippen LogP contribution in [0, 0.1) is 0 Å². The number of para-hydroxylation sites is 1. The van der Waals surface area contributed by atoms with Gasteiger partial charge in [0.2, 0.25) is 0 Å². The minimum atomic E-state index is 0.237. The fourth-order valence-corrected chi connectivity index (χ4v) is 2.68. The molecule has 1 heterocycles. The minimum Gasteiger partial charge on any atom is -0.411 e. The Bertz CT molecular complexity index is 542. The number of fused-ring (bicyclic) bond motifs is 3. The Morgan fingerprint density at radius 2 is 2.25 bits per heavy atom. The summed E-state index contributed by atoms with van der Waals surface area (Å²) in [6, 6.07) is 8.36.